The zero-order valence-electron chi connectivity index (χ0n) is 24.5. The lowest BCUT2D eigenvalue weighted by Gasteiger charge is -2.48. The van der Waals surface area contributed by atoms with Gasteiger partial charge >= 0.3 is 6.01 Å². The second-order valence-corrected chi connectivity index (χ2v) is 13.2. The maximum absolute atomic E-state index is 14.7. The Morgan fingerprint density at radius 2 is 1.81 bits per heavy atom. The van der Waals surface area contributed by atoms with Gasteiger partial charge in [-0.2, -0.15) is 9.97 Å². The highest BCUT2D eigenvalue weighted by Gasteiger charge is 2.50. The van der Waals surface area contributed by atoms with Gasteiger partial charge in [0, 0.05) is 30.9 Å². The standard InChI is InChI=1S/C33H41FN6O2/c1-2-30(41)39-18-12-28-29(39)20-40(28)31-24-11-17-37(27-10-9-25(34)22-7-3-4-8-23(22)27)19-26(24)35-32(36-31)42-21-33-13-5-15-38(33)16-6-14-33/h2,9-10,28-29H,1,3-8,11-21H2/t28-,29-/m1/s1. The van der Waals surface area contributed by atoms with Gasteiger partial charge in [-0.1, -0.05) is 6.58 Å². The van der Waals surface area contributed by atoms with Gasteiger partial charge in [0.1, 0.15) is 18.2 Å². The number of halogens is 1. The number of amides is 1. The van der Waals surface area contributed by atoms with Crippen molar-refractivity contribution in [3.63, 3.8) is 0 Å². The lowest BCUT2D eigenvalue weighted by Crippen LogP contribution is -2.63. The van der Waals surface area contributed by atoms with Crippen molar-refractivity contribution >= 4 is 17.4 Å². The van der Waals surface area contributed by atoms with Crippen molar-refractivity contribution in [1.29, 1.82) is 0 Å². The topological polar surface area (TPSA) is 65.0 Å². The molecule has 1 amide bonds. The molecule has 8 rings (SSSR count). The van der Waals surface area contributed by atoms with Crippen molar-refractivity contribution in [3.05, 3.63) is 53.0 Å². The molecule has 0 saturated carbocycles. The van der Waals surface area contributed by atoms with Gasteiger partial charge in [-0.05, 0) is 107 Å². The summed E-state index contributed by atoms with van der Waals surface area (Å²) >= 11 is 0. The maximum Gasteiger partial charge on any atom is 0.318 e. The lowest BCUT2D eigenvalue weighted by molar-refractivity contribution is -0.127. The number of hydrogen-bond acceptors (Lipinski definition) is 7. The number of hydrogen-bond donors (Lipinski definition) is 0. The number of carbonyl (C=O) groups is 1. The Morgan fingerprint density at radius 1 is 1.00 bits per heavy atom. The second-order valence-electron chi connectivity index (χ2n) is 13.2. The molecule has 1 aromatic heterocycles. The van der Waals surface area contributed by atoms with Gasteiger partial charge in [0.05, 0.1) is 29.9 Å². The molecule has 6 heterocycles. The van der Waals surface area contributed by atoms with Crippen LogP contribution in [0.5, 0.6) is 6.01 Å². The first-order valence-corrected chi connectivity index (χ1v) is 16.1. The van der Waals surface area contributed by atoms with Crippen LogP contribution < -0.4 is 14.5 Å². The number of aromatic nitrogens is 2. The molecule has 8 nitrogen and oxygen atoms in total. The number of fused-ring (bicyclic) bond motifs is 4. The zero-order valence-corrected chi connectivity index (χ0v) is 24.5. The van der Waals surface area contributed by atoms with E-state index in [9.17, 15) is 9.18 Å². The van der Waals surface area contributed by atoms with Crippen LogP contribution >= 0.6 is 0 Å². The van der Waals surface area contributed by atoms with Crippen LogP contribution in [0, 0.1) is 5.82 Å². The molecule has 222 valence electrons. The number of ether oxygens (including phenoxy) is 1. The van der Waals surface area contributed by atoms with E-state index >= 15 is 0 Å². The summed E-state index contributed by atoms with van der Waals surface area (Å²) in [6, 6.07) is 4.57. The summed E-state index contributed by atoms with van der Waals surface area (Å²) < 4.78 is 21.2. The van der Waals surface area contributed by atoms with Gasteiger partial charge in [-0.25, -0.2) is 4.39 Å². The summed E-state index contributed by atoms with van der Waals surface area (Å²) in [4.78, 5) is 31.9. The third kappa shape index (κ3) is 4.13. The van der Waals surface area contributed by atoms with Gasteiger partial charge in [0.25, 0.3) is 0 Å². The molecule has 0 unspecified atom stereocenters. The summed E-state index contributed by atoms with van der Waals surface area (Å²) in [6.07, 6.45) is 11.9. The van der Waals surface area contributed by atoms with Crippen molar-refractivity contribution in [1.82, 2.24) is 19.8 Å². The van der Waals surface area contributed by atoms with Crippen LogP contribution in [0.25, 0.3) is 0 Å². The second kappa shape index (κ2) is 10.2. The summed E-state index contributed by atoms with van der Waals surface area (Å²) in [7, 11) is 0. The molecule has 0 radical (unpaired) electrons. The Labute approximate surface area is 247 Å². The molecule has 4 saturated heterocycles. The monoisotopic (exact) mass is 572 g/mol. The molecular weight excluding hydrogens is 531 g/mol. The van der Waals surface area contributed by atoms with E-state index in [4.69, 9.17) is 14.7 Å². The van der Waals surface area contributed by atoms with E-state index in [0.29, 0.717) is 19.2 Å². The maximum atomic E-state index is 14.7. The summed E-state index contributed by atoms with van der Waals surface area (Å²) in [5, 5.41) is 0. The fourth-order valence-corrected chi connectivity index (χ4v) is 8.91. The average molecular weight is 573 g/mol. The van der Waals surface area contributed by atoms with Crippen molar-refractivity contribution in [3.8, 4) is 6.01 Å². The molecule has 9 heteroatoms. The molecule has 4 fully saturated rings. The molecule has 1 aromatic carbocycles. The Hall–Kier alpha value is -3.20. The van der Waals surface area contributed by atoms with Gasteiger partial charge < -0.3 is 19.4 Å². The van der Waals surface area contributed by atoms with E-state index in [1.165, 1.54) is 42.9 Å². The predicted molar refractivity (Wildman–Crippen MR) is 160 cm³/mol. The van der Waals surface area contributed by atoms with Crippen LogP contribution in [0.2, 0.25) is 0 Å². The van der Waals surface area contributed by atoms with E-state index < -0.39 is 0 Å². The van der Waals surface area contributed by atoms with E-state index in [2.05, 4.69) is 21.3 Å². The van der Waals surface area contributed by atoms with Crippen molar-refractivity contribution < 1.29 is 13.9 Å². The molecule has 2 atom stereocenters. The van der Waals surface area contributed by atoms with E-state index in [0.717, 1.165) is 94.0 Å². The Balaban J connectivity index is 1.11. The summed E-state index contributed by atoms with van der Waals surface area (Å²) in [5.41, 5.74) is 5.58. The van der Waals surface area contributed by atoms with Gasteiger partial charge in [0.2, 0.25) is 5.91 Å². The number of carbonyl (C=O) groups excluding carboxylic acids is 1. The molecule has 0 bridgehead atoms. The van der Waals surface area contributed by atoms with E-state index in [1.54, 1.807) is 6.07 Å². The normalized spacial score (nSPS) is 25.9. The fourth-order valence-electron chi connectivity index (χ4n) is 8.91. The number of anilines is 2. The first-order valence-electron chi connectivity index (χ1n) is 16.1. The largest absolute Gasteiger partial charge is 0.461 e. The SMILES string of the molecule is C=CC(=O)N1CC[C@@H]2[C@H]1CN2c1nc(OCC23CCCN2CCC3)nc2c1CCN(c1ccc(F)c3c1CCCC3)C2. The molecule has 1 aliphatic carbocycles. The van der Waals surface area contributed by atoms with Gasteiger partial charge in [-0.3, -0.25) is 9.69 Å². The number of nitrogens with zero attached hydrogens (tertiary/aromatic N) is 6. The zero-order chi connectivity index (χ0) is 28.4. The molecule has 42 heavy (non-hydrogen) atoms. The number of likely N-dealkylation sites (tertiary alicyclic amines) is 1. The third-order valence-electron chi connectivity index (χ3n) is 11.1. The minimum Gasteiger partial charge on any atom is -0.461 e. The van der Waals surface area contributed by atoms with Crippen molar-refractivity contribution in [2.45, 2.75) is 88.4 Å². The molecular formula is C33H41FN6O2. The predicted octanol–water partition coefficient (Wildman–Crippen LogP) is 4.04. The van der Waals surface area contributed by atoms with Crippen LogP contribution in [-0.2, 0) is 30.6 Å². The molecule has 0 spiro atoms. The highest BCUT2D eigenvalue weighted by atomic mass is 19.1. The van der Waals surface area contributed by atoms with Crippen molar-refractivity contribution in [2.75, 3.05) is 49.1 Å². The van der Waals surface area contributed by atoms with Crippen LogP contribution in [0.15, 0.2) is 24.8 Å². The van der Waals surface area contributed by atoms with E-state index in [-0.39, 0.29) is 29.3 Å². The Kier molecular flexibility index (Phi) is 6.43. The lowest BCUT2D eigenvalue weighted by atomic mass is 9.89. The molecule has 0 N–H and O–H groups in total. The van der Waals surface area contributed by atoms with Gasteiger partial charge in [-0.15, -0.1) is 0 Å². The smallest absolute Gasteiger partial charge is 0.318 e. The molecule has 5 aliphatic heterocycles. The Morgan fingerprint density at radius 3 is 2.62 bits per heavy atom. The summed E-state index contributed by atoms with van der Waals surface area (Å²) in [5.74, 6) is 0.939. The minimum absolute atomic E-state index is 0.0195. The highest BCUT2D eigenvalue weighted by molar-refractivity contribution is 5.88. The van der Waals surface area contributed by atoms with E-state index in [1.807, 2.05) is 11.0 Å². The fraction of sp³-hybridized carbons (Fsp3) is 0.606. The van der Waals surface area contributed by atoms with Crippen LogP contribution in [-0.4, -0.2) is 82.6 Å². The van der Waals surface area contributed by atoms with Gasteiger partial charge in [0.15, 0.2) is 0 Å². The number of benzene rings is 1. The average Bonchev–Trinajstić information content (AvgIpc) is 3.68. The van der Waals surface area contributed by atoms with Crippen LogP contribution in [0.4, 0.5) is 15.9 Å². The Bertz CT molecular complexity index is 1420. The highest BCUT2D eigenvalue weighted by Crippen LogP contribution is 2.42. The first kappa shape index (κ1) is 26.4. The molecule has 2 aromatic rings. The van der Waals surface area contributed by atoms with Crippen molar-refractivity contribution in [2.24, 2.45) is 0 Å². The van der Waals surface area contributed by atoms with Crippen LogP contribution in [0.3, 0.4) is 0 Å². The quantitative estimate of drug-likeness (QED) is 0.484. The molecule has 6 aliphatic rings. The number of rotatable bonds is 6. The summed E-state index contributed by atoms with van der Waals surface area (Å²) in [6.45, 7) is 9.71. The first-order chi connectivity index (χ1) is 20.5. The minimum atomic E-state index is -0.0636. The van der Waals surface area contributed by atoms with Crippen LogP contribution in [0.1, 0.15) is 67.3 Å². The third-order valence-corrected chi connectivity index (χ3v) is 11.1.